The highest BCUT2D eigenvalue weighted by atomic mass is 28.3. The van der Waals surface area contributed by atoms with Crippen molar-refractivity contribution in [1.82, 2.24) is 0 Å². The van der Waals surface area contributed by atoms with Crippen molar-refractivity contribution in [1.29, 1.82) is 0 Å². The van der Waals surface area contributed by atoms with E-state index in [4.69, 9.17) is 0 Å². The molecule has 56 heavy (non-hydrogen) atoms. The predicted octanol–water partition coefficient (Wildman–Crippen LogP) is 10.5. The molecule has 0 radical (unpaired) electrons. The third kappa shape index (κ3) is 3.48. The van der Waals surface area contributed by atoms with Gasteiger partial charge in [-0.15, -0.1) is 0 Å². The Hall–Kier alpha value is -6.81. The number of fused-ring (bicyclic) bond motifs is 20. The van der Waals surface area contributed by atoms with Gasteiger partial charge in [0.1, 0.15) is 5.82 Å². The summed E-state index contributed by atoms with van der Waals surface area (Å²) in [6, 6.07) is 71.1. The normalized spacial score (nSPS) is 16.8. The summed E-state index contributed by atoms with van der Waals surface area (Å²) >= 11 is 0. The Morgan fingerprint density at radius 3 is 1.61 bits per heavy atom. The van der Waals surface area contributed by atoms with Crippen LogP contribution in [0, 0.1) is 5.82 Å². The first-order valence-electron chi connectivity index (χ1n) is 19.5. The maximum Gasteiger partial charge on any atom is 0.182 e. The Bertz CT molecular complexity index is 3130. The number of para-hydroxylation sites is 1. The van der Waals surface area contributed by atoms with Gasteiger partial charge in [-0.05, 0) is 118 Å². The van der Waals surface area contributed by atoms with Crippen LogP contribution in [-0.4, -0.2) is 8.07 Å². The lowest BCUT2D eigenvalue weighted by atomic mass is 9.64. The van der Waals surface area contributed by atoms with Crippen molar-refractivity contribution in [3.05, 3.63) is 222 Å². The second-order valence-electron chi connectivity index (χ2n) is 15.6. The van der Waals surface area contributed by atoms with E-state index < -0.39 is 13.5 Å². The molecule has 0 N–H and O–H groups in total. The van der Waals surface area contributed by atoms with E-state index in [2.05, 4.69) is 181 Å². The van der Waals surface area contributed by atoms with Gasteiger partial charge in [0.25, 0.3) is 0 Å². The molecule has 260 valence electrons. The molecule has 0 fully saturated rings. The van der Waals surface area contributed by atoms with Crippen molar-refractivity contribution < 1.29 is 4.39 Å². The lowest BCUT2D eigenvalue weighted by molar-refractivity contribution is 0.628. The van der Waals surface area contributed by atoms with E-state index in [0.29, 0.717) is 5.56 Å². The van der Waals surface area contributed by atoms with Crippen molar-refractivity contribution >= 4 is 56.7 Å². The minimum atomic E-state index is -2.68. The summed E-state index contributed by atoms with van der Waals surface area (Å²) in [7, 11) is -2.68. The summed E-state index contributed by atoms with van der Waals surface area (Å²) in [6.07, 6.45) is 0. The van der Waals surface area contributed by atoms with Gasteiger partial charge in [-0.1, -0.05) is 158 Å². The zero-order chi connectivity index (χ0) is 36.8. The minimum Gasteiger partial charge on any atom is -0.310 e. The van der Waals surface area contributed by atoms with E-state index in [-0.39, 0.29) is 5.82 Å². The molecule has 4 aliphatic rings. The summed E-state index contributed by atoms with van der Waals surface area (Å²) < 4.78 is 16.2. The molecule has 0 bridgehead atoms. The second-order valence-corrected chi connectivity index (χ2v) is 19.3. The molecule has 1 aliphatic carbocycles. The molecule has 1 unspecified atom stereocenters. The molecule has 9 aromatic carbocycles. The molecule has 3 heteroatoms. The van der Waals surface area contributed by atoms with Crippen LogP contribution in [0.15, 0.2) is 194 Å². The molecule has 1 atom stereocenters. The van der Waals surface area contributed by atoms with Crippen LogP contribution in [0.5, 0.6) is 0 Å². The van der Waals surface area contributed by atoms with Crippen LogP contribution in [0.3, 0.4) is 0 Å². The number of nitrogens with zero attached hydrogens (tertiary/aromatic N) is 1. The number of halogens is 1. The first-order valence-corrected chi connectivity index (χ1v) is 21.5. The molecule has 0 saturated carbocycles. The third-order valence-corrected chi connectivity index (χ3v) is 18.3. The van der Waals surface area contributed by atoms with Gasteiger partial charge in [-0.25, -0.2) is 4.39 Å². The van der Waals surface area contributed by atoms with Crippen LogP contribution in [0.4, 0.5) is 21.5 Å². The fourth-order valence-electron chi connectivity index (χ4n) is 11.3. The van der Waals surface area contributed by atoms with Crippen LogP contribution in [0.2, 0.25) is 0 Å². The van der Waals surface area contributed by atoms with Crippen LogP contribution < -0.4 is 25.6 Å². The standard InChI is InChI=1S/C53H32FNSi/c54-45-23-13-22-43-52(45)40-19-3-7-20-41(40)53(43)42-21-8-9-24-46(42)55(47-31-34-15-2-1-14-33(34)30-44(47)53)35-28-29-39-38-18-6-12-27-50(38)56(51(39)32-35)48-25-10-4-16-36(48)37-17-5-11-26-49(37)56/h1-32H. The van der Waals surface area contributed by atoms with Gasteiger partial charge in [0.05, 0.1) is 16.8 Å². The van der Waals surface area contributed by atoms with Crippen molar-refractivity contribution in [2.75, 3.05) is 4.90 Å². The number of hydrogen-bond acceptors (Lipinski definition) is 1. The zero-order valence-electron chi connectivity index (χ0n) is 30.3. The SMILES string of the molecule is Fc1cccc2c1-c1ccccc1C21c2ccccc2N(c2ccc3c(c2)[Si]2(c4ccccc4-c4ccccc42)c2ccccc2-3)c2cc3ccccc3cc21. The molecule has 1 nitrogen and oxygen atoms in total. The van der Waals surface area contributed by atoms with Crippen molar-refractivity contribution in [3.8, 4) is 33.4 Å². The lowest BCUT2D eigenvalue weighted by Gasteiger charge is -2.45. The van der Waals surface area contributed by atoms with Gasteiger partial charge in [0, 0.05) is 11.3 Å². The van der Waals surface area contributed by atoms with E-state index in [1.54, 1.807) is 6.07 Å². The molecule has 2 spiro atoms. The molecule has 9 aromatic rings. The van der Waals surface area contributed by atoms with E-state index in [0.717, 1.165) is 39.3 Å². The van der Waals surface area contributed by atoms with Gasteiger partial charge in [0.2, 0.25) is 0 Å². The molecule has 0 saturated heterocycles. The van der Waals surface area contributed by atoms with E-state index >= 15 is 4.39 Å². The molecular weight excluding hydrogens is 698 g/mol. The highest BCUT2D eigenvalue weighted by molar-refractivity contribution is 7.24. The van der Waals surface area contributed by atoms with Crippen molar-refractivity contribution in [2.24, 2.45) is 0 Å². The van der Waals surface area contributed by atoms with Gasteiger partial charge < -0.3 is 4.90 Å². The average Bonchev–Trinajstić information content (AvgIpc) is 3.84. The Morgan fingerprint density at radius 1 is 0.375 bits per heavy atom. The average molecular weight is 730 g/mol. The zero-order valence-corrected chi connectivity index (χ0v) is 31.3. The van der Waals surface area contributed by atoms with Gasteiger partial charge in [-0.2, -0.15) is 0 Å². The number of hydrogen-bond donors (Lipinski definition) is 0. The Labute approximate surface area is 325 Å². The van der Waals surface area contributed by atoms with Crippen LogP contribution in [-0.2, 0) is 5.41 Å². The molecule has 3 heterocycles. The van der Waals surface area contributed by atoms with E-state index in [1.165, 1.54) is 59.3 Å². The van der Waals surface area contributed by atoms with Crippen molar-refractivity contribution in [3.63, 3.8) is 0 Å². The number of rotatable bonds is 1. The summed E-state index contributed by atoms with van der Waals surface area (Å²) in [5.41, 5.74) is 14.1. The topological polar surface area (TPSA) is 3.24 Å². The first kappa shape index (κ1) is 30.5. The predicted molar refractivity (Wildman–Crippen MR) is 231 cm³/mol. The van der Waals surface area contributed by atoms with Crippen molar-refractivity contribution in [2.45, 2.75) is 5.41 Å². The Morgan fingerprint density at radius 2 is 0.911 bits per heavy atom. The number of anilines is 3. The molecule has 13 rings (SSSR count). The minimum absolute atomic E-state index is 0.181. The lowest BCUT2D eigenvalue weighted by Crippen LogP contribution is -2.70. The largest absolute Gasteiger partial charge is 0.310 e. The van der Waals surface area contributed by atoms with Gasteiger partial charge in [0.15, 0.2) is 8.07 Å². The van der Waals surface area contributed by atoms with E-state index in [1.807, 2.05) is 12.1 Å². The van der Waals surface area contributed by atoms with Gasteiger partial charge in [-0.3, -0.25) is 0 Å². The maximum atomic E-state index is 16.2. The fourth-order valence-corrected chi connectivity index (χ4v) is 17.0. The summed E-state index contributed by atoms with van der Waals surface area (Å²) in [6.45, 7) is 0. The second kappa shape index (κ2) is 10.7. The Kier molecular flexibility index (Phi) is 5.82. The van der Waals surface area contributed by atoms with Gasteiger partial charge >= 0.3 is 0 Å². The molecule has 0 amide bonds. The highest BCUT2D eigenvalue weighted by Gasteiger charge is 2.55. The first-order chi connectivity index (χ1) is 27.7. The molecule has 0 aromatic heterocycles. The molecular formula is C53H32FNSi. The smallest absolute Gasteiger partial charge is 0.182 e. The van der Waals surface area contributed by atoms with Crippen LogP contribution in [0.25, 0.3) is 44.2 Å². The van der Waals surface area contributed by atoms with Crippen LogP contribution >= 0.6 is 0 Å². The number of benzene rings is 9. The third-order valence-electron chi connectivity index (χ3n) is 13.3. The van der Waals surface area contributed by atoms with Crippen LogP contribution in [0.1, 0.15) is 22.3 Å². The fraction of sp³-hybridized carbons (Fsp3) is 0.0189. The maximum absolute atomic E-state index is 16.2. The Balaban J connectivity index is 1.15. The quantitative estimate of drug-likeness (QED) is 0.152. The molecule has 3 aliphatic heterocycles. The highest BCUT2D eigenvalue weighted by Crippen LogP contribution is 2.64. The summed E-state index contributed by atoms with van der Waals surface area (Å²) in [4.78, 5) is 2.50. The summed E-state index contributed by atoms with van der Waals surface area (Å²) in [5, 5.41) is 8.18. The van der Waals surface area contributed by atoms with E-state index in [9.17, 15) is 0 Å². The summed E-state index contributed by atoms with van der Waals surface area (Å²) in [5.74, 6) is -0.181. The monoisotopic (exact) mass is 729 g/mol.